The molecule has 6 rings (SSSR count). The van der Waals surface area contributed by atoms with Gasteiger partial charge in [-0.3, -0.25) is 0 Å². The first-order chi connectivity index (χ1) is 17.5. The molecular weight excluding hydrogens is 454 g/mol. The third kappa shape index (κ3) is 3.46. The van der Waals surface area contributed by atoms with Gasteiger partial charge in [0.1, 0.15) is 17.8 Å². The molecule has 36 heavy (non-hydrogen) atoms. The summed E-state index contributed by atoms with van der Waals surface area (Å²) in [6, 6.07) is 27.8. The van der Waals surface area contributed by atoms with E-state index in [0.29, 0.717) is 17.9 Å². The zero-order valence-electron chi connectivity index (χ0n) is 20.2. The summed E-state index contributed by atoms with van der Waals surface area (Å²) in [5.41, 5.74) is 1.69. The Hall–Kier alpha value is -4.10. The number of nitrogens with zero attached hydrogens (tertiary/aromatic N) is 3. The standard InChI is InChI=1S/C29H27N3O4/c1-29(35-2)19-23(20-12-6-3-7-13-20)26-25(36-29)18-24(21-14-8-4-9-15-21)31-27(33)30(28(34)32(26)31)22-16-10-5-11-17-22/h3-18,23-24,26H,19H2,1-2H3/t23-,24-,26-,29-/m0/s1. The molecule has 0 aliphatic carbocycles. The van der Waals surface area contributed by atoms with E-state index in [9.17, 15) is 9.59 Å². The summed E-state index contributed by atoms with van der Waals surface area (Å²) in [6.45, 7) is 1.91. The van der Waals surface area contributed by atoms with Crippen LogP contribution in [0.15, 0.2) is 112 Å². The summed E-state index contributed by atoms with van der Waals surface area (Å²) in [6.07, 6.45) is 2.48. The molecule has 1 fully saturated rings. The van der Waals surface area contributed by atoms with Gasteiger partial charge in [0.05, 0.1) is 5.69 Å². The lowest BCUT2D eigenvalue weighted by Crippen LogP contribution is -2.48. The van der Waals surface area contributed by atoms with Gasteiger partial charge in [-0.05, 0) is 29.3 Å². The Bertz CT molecular complexity index is 1540. The maximum atomic E-state index is 14.1. The van der Waals surface area contributed by atoms with Crippen LogP contribution in [0.2, 0.25) is 0 Å². The molecule has 3 heterocycles. The molecule has 0 bridgehead atoms. The summed E-state index contributed by atoms with van der Waals surface area (Å²) in [7, 11) is 1.63. The van der Waals surface area contributed by atoms with Crippen LogP contribution in [0.25, 0.3) is 5.69 Å². The van der Waals surface area contributed by atoms with Gasteiger partial charge >= 0.3 is 11.4 Å². The van der Waals surface area contributed by atoms with Crippen molar-refractivity contribution in [3.05, 3.63) is 135 Å². The fourth-order valence-corrected chi connectivity index (χ4v) is 5.50. The number of hydrogen-bond acceptors (Lipinski definition) is 4. The number of para-hydroxylation sites is 1. The zero-order chi connectivity index (χ0) is 24.9. The van der Waals surface area contributed by atoms with Crippen LogP contribution in [0.5, 0.6) is 0 Å². The van der Waals surface area contributed by atoms with Crippen LogP contribution in [0.3, 0.4) is 0 Å². The highest BCUT2D eigenvalue weighted by Crippen LogP contribution is 2.49. The monoisotopic (exact) mass is 481 g/mol. The van der Waals surface area contributed by atoms with Gasteiger partial charge in [-0.1, -0.05) is 78.9 Å². The van der Waals surface area contributed by atoms with Crippen molar-refractivity contribution in [2.24, 2.45) is 0 Å². The normalized spacial score (nSPS) is 24.8. The molecule has 0 spiro atoms. The van der Waals surface area contributed by atoms with E-state index in [0.717, 1.165) is 11.1 Å². The molecule has 0 amide bonds. The molecule has 7 nitrogen and oxygen atoms in total. The molecule has 0 unspecified atom stereocenters. The van der Waals surface area contributed by atoms with E-state index in [2.05, 4.69) is 12.1 Å². The predicted octanol–water partition coefficient (Wildman–Crippen LogP) is 4.40. The van der Waals surface area contributed by atoms with Crippen molar-refractivity contribution >= 4 is 0 Å². The number of ether oxygens (including phenoxy) is 2. The van der Waals surface area contributed by atoms with Crippen LogP contribution in [0.1, 0.15) is 42.5 Å². The highest BCUT2D eigenvalue weighted by Gasteiger charge is 2.48. The van der Waals surface area contributed by atoms with Crippen LogP contribution in [0, 0.1) is 0 Å². The lowest BCUT2D eigenvalue weighted by Gasteiger charge is -2.46. The highest BCUT2D eigenvalue weighted by molar-refractivity contribution is 5.35. The Labute approximate surface area is 208 Å². The molecule has 2 aliphatic rings. The number of benzene rings is 3. The van der Waals surface area contributed by atoms with Crippen molar-refractivity contribution in [1.29, 1.82) is 0 Å². The van der Waals surface area contributed by atoms with Gasteiger partial charge in [0.25, 0.3) is 0 Å². The predicted molar refractivity (Wildman–Crippen MR) is 136 cm³/mol. The van der Waals surface area contributed by atoms with E-state index in [1.165, 1.54) is 4.57 Å². The Morgan fingerprint density at radius 3 is 1.97 bits per heavy atom. The second-order valence-electron chi connectivity index (χ2n) is 9.46. The first-order valence-electron chi connectivity index (χ1n) is 12.1. The van der Waals surface area contributed by atoms with Gasteiger partial charge < -0.3 is 9.47 Å². The summed E-state index contributed by atoms with van der Waals surface area (Å²) < 4.78 is 16.7. The molecule has 182 valence electrons. The third-order valence-corrected chi connectivity index (χ3v) is 7.27. The minimum Gasteiger partial charge on any atom is -0.465 e. The molecule has 4 atom stereocenters. The van der Waals surface area contributed by atoms with Crippen LogP contribution in [0.4, 0.5) is 0 Å². The average Bonchev–Trinajstić information content (AvgIpc) is 3.19. The molecule has 1 saturated heterocycles. The second-order valence-corrected chi connectivity index (χ2v) is 9.46. The van der Waals surface area contributed by atoms with Crippen molar-refractivity contribution < 1.29 is 9.47 Å². The van der Waals surface area contributed by atoms with Crippen molar-refractivity contribution in [3.63, 3.8) is 0 Å². The number of fused-ring (bicyclic) bond motifs is 3. The Morgan fingerprint density at radius 2 is 1.36 bits per heavy atom. The van der Waals surface area contributed by atoms with E-state index < -0.39 is 23.6 Å². The molecular formula is C29H27N3O4. The number of allylic oxidation sites excluding steroid dienone is 2. The van der Waals surface area contributed by atoms with E-state index in [4.69, 9.17) is 9.47 Å². The summed E-state index contributed by atoms with van der Waals surface area (Å²) in [4.78, 5) is 28.0. The number of methoxy groups -OCH3 is 1. The number of hydrogen-bond donors (Lipinski definition) is 0. The SMILES string of the molecule is CO[C@]1(C)C[C@@H](c2ccccc2)[C@H]2C(=C[C@@H](c3ccccc3)n3c(=O)n(-c4ccccc4)c(=O)n32)O1. The van der Waals surface area contributed by atoms with Crippen molar-refractivity contribution in [2.75, 3.05) is 7.11 Å². The van der Waals surface area contributed by atoms with Gasteiger partial charge in [0, 0.05) is 26.4 Å². The summed E-state index contributed by atoms with van der Waals surface area (Å²) >= 11 is 0. The lowest BCUT2D eigenvalue weighted by atomic mass is 9.81. The van der Waals surface area contributed by atoms with Crippen LogP contribution >= 0.6 is 0 Å². The molecule has 0 N–H and O–H groups in total. The molecule has 2 aliphatic heterocycles. The van der Waals surface area contributed by atoms with E-state index in [1.807, 2.05) is 79.7 Å². The van der Waals surface area contributed by atoms with Gasteiger partial charge in [0.15, 0.2) is 0 Å². The van der Waals surface area contributed by atoms with E-state index >= 15 is 0 Å². The zero-order valence-corrected chi connectivity index (χ0v) is 20.2. The Morgan fingerprint density at radius 1 is 0.806 bits per heavy atom. The second kappa shape index (κ2) is 8.53. The Kier molecular flexibility index (Phi) is 5.30. The number of rotatable bonds is 4. The topological polar surface area (TPSA) is 67.4 Å². The highest BCUT2D eigenvalue weighted by atomic mass is 16.7. The number of aromatic nitrogens is 3. The van der Waals surface area contributed by atoms with Crippen molar-refractivity contribution in [3.8, 4) is 5.69 Å². The van der Waals surface area contributed by atoms with E-state index in [-0.39, 0.29) is 11.6 Å². The molecule has 0 saturated carbocycles. The third-order valence-electron chi connectivity index (χ3n) is 7.27. The maximum Gasteiger partial charge on any atom is 0.352 e. The van der Waals surface area contributed by atoms with Gasteiger partial charge in [-0.15, -0.1) is 0 Å². The van der Waals surface area contributed by atoms with E-state index in [1.54, 1.807) is 28.6 Å². The fraction of sp³-hybridized carbons (Fsp3) is 0.241. The molecule has 4 aromatic rings. The minimum atomic E-state index is -0.877. The molecule has 7 heteroatoms. The minimum absolute atomic E-state index is 0.150. The molecule has 0 radical (unpaired) electrons. The first-order valence-corrected chi connectivity index (χ1v) is 12.1. The maximum absolute atomic E-state index is 14.1. The Balaban J connectivity index is 1.65. The fourth-order valence-electron chi connectivity index (χ4n) is 5.50. The van der Waals surface area contributed by atoms with Gasteiger partial charge in [0.2, 0.25) is 5.79 Å². The van der Waals surface area contributed by atoms with Crippen molar-refractivity contribution in [2.45, 2.75) is 37.1 Å². The van der Waals surface area contributed by atoms with Gasteiger partial charge in [-0.2, -0.15) is 0 Å². The van der Waals surface area contributed by atoms with Crippen LogP contribution in [-0.4, -0.2) is 26.8 Å². The van der Waals surface area contributed by atoms with Crippen LogP contribution < -0.4 is 11.4 Å². The van der Waals surface area contributed by atoms with Gasteiger partial charge in [-0.25, -0.2) is 23.5 Å². The van der Waals surface area contributed by atoms with Crippen molar-refractivity contribution in [1.82, 2.24) is 13.9 Å². The lowest BCUT2D eigenvalue weighted by molar-refractivity contribution is -0.218. The largest absolute Gasteiger partial charge is 0.465 e. The van der Waals surface area contributed by atoms with Crippen LogP contribution in [-0.2, 0) is 9.47 Å². The average molecular weight is 482 g/mol. The smallest absolute Gasteiger partial charge is 0.352 e. The summed E-state index contributed by atoms with van der Waals surface area (Å²) in [5, 5.41) is 0. The first kappa shape index (κ1) is 22.4. The summed E-state index contributed by atoms with van der Waals surface area (Å²) in [5.74, 6) is -0.401. The molecule has 3 aromatic carbocycles. The molecule has 1 aromatic heterocycles. The quantitative estimate of drug-likeness (QED) is 0.434.